The van der Waals surface area contributed by atoms with Crippen molar-refractivity contribution in [2.75, 3.05) is 30.1 Å². The van der Waals surface area contributed by atoms with Crippen molar-refractivity contribution in [1.82, 2.24) is 10.2 Å². The minimum Gasteiger partial charge on any atom is -0.411 e. The number of rotatable bonds is 6. The molecule has 0 saturated carbocycles. The highest BCUT2D eigenvalue weighted by Crippen LogP contribution is 2.24. The van der Waals surface area contributed by atoms with Crippen molar-refractivity contribution in [3.8, 4) is 11.5 Å². The lowest BCUT2D eigenvalue weighted by Gasteiger charge is -2.12. The van der Waals surface area contributed by atoms with Crippen LogP contribution in [0.25, 0.3) is 11.5 Å². The van der Waals surface area contributed by atoms with Crippen LogP contribution in [0.5, 0.6) is 0 Å². The van der Waals surface area contributed by atoms with Crippen molar-refractivity contribution >= 4 is 40.6 Å². The summed E-state index contributed by atoms with van der Waals surface area (Å²) in [6.07, 6.45) is 0. The Morgan fingerprint density at radius 2 is 1.81 bits per heavy atom. The second-order valence-electron chi connectivity index (χ2n) is 5.66. The molecule has 0 bridgehead atoms. The summed E-state index contributed by atoms with van der Waals surface area (Å²) in [4.78, 5) is 14.1. The van der Waals surface area contributed by atoms with Crippen molar-refractivity contribution in [3.05, 3.63) is 53.6 Å². The number of carbonyl (C=O) groups is 1. The molecule has 0 spiro atoms. The fraction of sp³-hybridized carbons (Fsp3) is 0.167. The predicted octanol–water partition coefficient (Wildman–Crippen LogP) is 4.19. The van der Waals surface area contributed by atoms with Gasteiger partial charge in [-0.3, -0.25) is 4.79 Å². The summed E-state index contributed by atoms with van der Waals surface area (Å²) in [5.41, 5.74) is 2.59. The van der Waals surface area contributed by atoms with Crippen molar-refractivity contribution < 1.29 is 9.21 Å². The summed E-state index contributed by atoms with van der Waals surface area (Å²) in [7, 11) is 3.93. The third-order valence-corrected chi connectivity index (χ3v) is 4.56. The number of thioether (sulfide) groups is 1. The molecule has 3 rings (SSSR count). The maximum atomic E-state index is 12.1. The monoisotopic (exact) mass is 388 g/mol. The molecule has 8 heteroatoms. The largest absolute Gasteiger partial charge is 0.411 e. The Morgan fingerprint density at radius 1 is 1.12 bits per heavy atom. The van der Waals surface area contributed by atoms with Gasteiger partial charge < -0.3 is 14.6 Å². The lowest BCUT2D eigenvalue weighted by molar-refractivity contribution is -0.113. The minimum absolute atomic E-state index is 0.140. The second kappa shape index (κ2) is 8.25. The van der Waals surface area contributed by atoms with Gasteiger partial charge >= 0.3 is 0 Å². The molecule has 1 N–H and O–H groups in total. The SMILES string of the molecule is CN(C)c1ccc(NC(=O)CSc2nnc(-c3ccc(Cl)cc3)o2)cc1. The van der Waals surface area contributed by atoms with E-state index in [2.05, 4.69) is 15.5 Å². The lowest BCUT2D eigenvalue weighted by Crippen LogP contribution is -2.14. The van der Waals surface area contributed by atoms with Gasteiger partial charge in [-0.05, 0) is 48.5 Å². The molecule has 0 saturated heterocycles. The van der Waals surface area contributed by atoms with Crippen LogP contribution in [0.4, 0.5) is 11.4 Å². The molecular weight excluding hydrogens is 372 g/mol. The predicted molar refractivity (Wildman–Crippen MR) is 105 cm³/mol. The van der Waals surface area contributed by atoms with Gasteiger partial charge in [0.25, 0.3) is 5.22 Å². The molecule has 0 radical (unpaired) electrons. The van der Waals surface area contributed by atoms with Gasteiger partial charge in [0, 0.05) is 36.1 Å². The molecule has 134 valence electrons. The Hall–Kier alpha value is -2.51. The molecule has 3 aromatic rings. The summed E-state index contributed by atoms with van der Waals surface area (Å²) >= 11 is 7.05. The summed E-state index contributed by atoms with van der Waals surface area (Å²) in [6.45, 7) is 0. The first kappa shape index (κ1) is 18.3. The Bertz CT molecular complexity index is 879. The van der Waals surface area contributed by atoms with Gasteiger partial charge in [0.05, 0.1) is 5.75 Å². The number of anilines is 2. The van der Waals surface area contributed by atoms with Crippen LogP contribution >= 0.6 is 23.4 Å². The first-order chi connectivity index (χ1) is 12.5. The highest BCUT2D eigenvalue weighted by molar-refractivity contribution is 7.99. The molecule has 0 atom stereocenters. The standard InChI is InChI=1S/C18H17ClN4O2S/c1-23(2)15-9-7-14(8-10-15)20-16(24)11-26-18-22-21-17(25-18)12-3-5-13(19)6-4-12/h3-10H,11H2,1-2H3,(H,20,24). The Labute approximate surface area is 160 Å². The van der Waals surface area contributed by atoms with Crippen LogP contribution in [0, 0.1) is 0 Å². The van der Waals surface area contributed by atoms with E-state index in [0.717, 1.165) is 16.9 Å². The van der Waals surface area contributed by atoms with Crippen molar-refractivity contribution in [3.63, 3.8) is 0 Å². The number of hydrogen-bond acceptors (Lipinski definition) is 6. The number of hydrogen-bond donors (Lipinski definition) is 1. The van der Waals surface area contributed by atoms with E-state index in [-0.39, 0.29) is 11.7 Å². The fourth-order valence-corrected chi connectivity index (χ4v) is 2.83. The number of nitrogens with one attached hydrogen (secondary N) is 1. The van der Waals surface area contributed by atoms with Crippen LogP contribution in [-0.2, 0) is 4.79 Å². The first-order valence-electron chi connectivity index (χ1n) is 7.81. The molecule has 2 aromatic carbocycles. The summed E-state index contributed by atoms with van der Waals surface area (Å²) in [5, 5.41) is 11.8. The summed E-state index contributed by atoms with van der Waals surface area (Å²) in [6, 6.07) is 14.7. The Morgan fingerprint density at radius 3 is 2.46 bits per heavy atom. The first-order valence-corrected chi connectivity index (χ1v) is 9.17. The van der Waals surface area contributed by atoms with E-state index < -0.39 is 0 Å². The maximum absolute atomic E-state index is 12.1. The van der Waals surface area contributed by atoms with E-state index in [9.17, 15) is 4.79 Å². The van der Waals surface area contributed by atoms with E-state index in [4.69, 9.17) is 16.0 Å². The van der Waals surface area contributed by atoms with E-state index in [0.29, 0.717) is 16.1 Å². The van der Waals surface area contributed by atoms with E-state index in [1.807, 2.05) is 43.3 Å². The van der Waals surface area contributed by atoms with Gasteiger partial charge in [0.1, 0.15) is 0 Å². The van der Waals surface area contributed by atoms with Crippen LogP contribution in [0.1, 0.15) is 0 Å². The lowest BCUT2D eigenvalue weighted by atomic mass is 10.2. The second-order valence-corrected chi connectivity index (χ2v) is 7.02. The normalized spacial score (nSPS) is 10.6. The van der Waals surface area contributed by atoms with Gasteiger partial charge in [-0.25, -0.2) is 0 Å². The molecule has 1 heterocycles. The van der Waals surface area contributed by atoms with Crippen molar-refractivity contribution in [2.24, 2.45) is 0 Å². The number of benzene rings is 2. The molecule has 0 aliphatic heterocycles. The molecule has 26 heavy (non-hydrogen) atoms. The van der Waals surface area contributed by atoms with Crippen LogP contribution in [0.15, 0.2) is 58.2 Å². The van der Waals surface area contributed by atoms with Crippen molar-refractivity contribution in [1.29, 1.82) is 0 Å². The molecule has 0 fully saturated rings. The van der Waals surface area contributed by atoms with E-state index in [1.165, 1.54) is 11.8 Å². The van der Waals surface area contributed by atoms with Gasteiger partial charge in [-0.15, -0.1) is 10.2 Å². The summed E-state index contributed by atoms with van der Waals surface area (Å²) in [5.74, 6) is 0.431. The number of carbonyl (C=O) groups excluding carboxylic acids is 1. The fourth-order valence-electron chi connectivity index (χ4n) is 2.14. The van der Waals surface area contributed by atoms with Crippen LogP contribution in [-0.4, -0.2) is 36.0 Å². The highest BCUT2D eigenvalue weighted by Gasteiger charge is 2.11. The molecule has 6 nitrogen and oxygen atoms in total. The number of nitrogens with zero attached hydrogens (tertiary/aromatic N) is 3. The average Bonchev–Trinajstić information content (AvgIpc) is 3.10. The van der Waals surface area contributed by atoms with Gasteiger partial charge in [-0.1, -0.05) is 23.4 Å². The van der Waals surface area contributed by atoms with Crippen LogP contribution in [0.3, 0.4) is 0 Å². The van der Waals surface area contributed by atoms with Gasteiger partial charge in [0.15, 0.2) is 0 Å². The van der Waals surface area contributed by atoms with E-state index in [1.54, 1.807) is 24.3 Å². The molecule has 1 aromatic heterocycles. The molecule has 0 unspecified atom stereocenters. The number of halogens is 1. The molecule has 0 aliphatic carbocycles. The molecular formula is C18H17ClN4O2S. The average molecular weight is 389 g/mol. The maximum Gasteiger partial charge on any atom is 0.277 e. The smallest absolute Gasteiger partial charge is 0.277 e. The quantitative estimate of drug-likeness (QED) is 0.638. The van der Waals surface area contributed by atoms with Crippen molar-refractivity contribution in [2.45, 2.75) is 5.22 Å². The zero-order valence-electron chi connectivity index (χ0n) is 14.3. The number of amides is 1. The summed E-state index contributed by atoms with van der Waals surface area (Å²) < 4.78 is 5.56. The molecule has 1 amide bonds. The third-order valence-electron chi connectivity index (χ3n) is 3.49. The van der Waals surface area contributed by atoms with Crippen LogP contribution in [0.2, 0.25) is 5.02 Å². The van der Waals surface area contributed by atoms with Gasteiger partial charge in [0.2, 0.25) is 11.8 Å². The van der Waals surface area contributed by atoms with Crippen LogP contribution < -0.4 is 10.2 Å². The Kier molecular flexibility index (Phi) is 5.80. The topological polar surface area (TPSA) is 71.3 Å². The molecule has 0 aliphatic rings. The zero-order chi connectivity index (χ0) is 18.5. The zero-order valence-corrected chi connectivity index (χ0v) is 15.8. The minimum atomic E-state index is -0.140. The highest BCUT2D eigenvalue weighted by atomic mass is 35.5. The Balaban J connectivity index is 1.54. The van der Waals surface area contributed by atoms with E-state index >= 15 is 0 Å². The number of aromatic nitrogens is 2. The third kappa shape index (κ3) is 4.77. The van der Waals surface area contributed by atoms with Gasteiger partial charge in [-0.2, -0.15) is 0 Å².